The first-order valence-corrected chi connectivity index (χ1v) is 8.63. The van der Waals surface area contributed by atoms with Gasteiger partial charge in [-0.2, -0.15) is 0 Å². The van der Waals surface area contributed by atoms with E-state index in [9.17, 15) is 9.59 Å². The van der Waals surface area contributed by atoms with Crippen LogP contribution in [0.15, 0.2) is 72.8 Å². The highest BCUT2D eigenvalue weighted by molar-refractivity contribution is 5.85. The summed E-state index contributed by atoms with van der Waals surface area (Å²) in [6.45, 7) is 0.390. The van der Waals surface area contributed by atoms with Crippen LogP contribution in [0.4, 0.5) is 0 Å². The summed E-state index contributed by atoms with van der Waals surface area (Å²) >= 11 is 0. The number of aliphatic carboxylic acids is 2. The quantitative estimate of drug-likeness (QED) is 0.429. The van der Waals surface area contributed by atoms with Gasteiger partial charge in [-0.3, -0.25) is 0 Å². The lowest BCUT2D eigenvalue weighted by molar-refractivity contribution is -0.132. The lowest BCUT2D eigenvalue weighted by atomic mass is 10.2. The number of aliphatic hydroxyl groups excluding tert-OH is 2. The van der Waals surface area contributed by atoms with Crippen LogP contribution < -0.4 is 0 Å². The molecule has 0 aromatic heterocycles. The maximum atomic E-state index is 10.1. The number of benzene rings is 2. The molecule has 28 heavy (non-hydrogen) atoms. The Morgan fingerprint density at radius 2 is 0.964 bits per heavy atom. The number of carboxylic acids is 2. The molecular weight excluding hydrogens is 360 g/mol. The molecule has 4 N–H and O–H groups in total. The summed E-state index contributed by atoms with van der Waals surface area (Å²) < 4.78 is 0. The van der Waals surface area contributed by atoms with Crippen molar-refractivity contribution in [1.82, 2.24) is 0 Å². The van der Waals surface area contributed by atoms with Gasteiger partial charge in [-0.25, -0.2) is 9.59 Å². The Bertz CT molecular complexity index is 645. The molecule has 0 bridgehead atoms. The van der Waals surface area contributed by atoms with Crippen LogP contribution in [0.25, 0.3) is 12.2 Å². The second-order valence-corrected chi connectivity index (χ2v) is 5.32. The summed E-state index contributed by atoms with van der Waals surface area (Å²) in [6, 6.07) is 18.6. The van der Waals surface area contributed by atoms with Crippen LogP contribution in [-0.2, 0) is 9.59 Å². The first-order valence-electron chi connectivity index (χ1n) is 8.63. The van der Waals surface area contributed by atoms with Crippen molar-refractivity contribution in [1.29, 1.82) is 0 Å². The molecule has 0 aliphatic heterocycles. The highest BCUT2D eigenvalue weighted by Gasteiger charge is 1.86. The lowest BCUT2D eigenvalue weighted by Gasteiger charge is -1.87. The van der Waals surface area contributed by atoms with Crippen LogP contribution in [-0.4, -0.2) is 45.6 Å². The van der Waals surface area contributed by atoms with Crippen molar-refractivity contribution in [2.45, 2.75) is 12.8 Å². The molecule has 0 fully saturated rings. The van der Waals surface area contributed by atoms with Gasteiger partial charge in [-0.1, -0.05) is 60.7 Å². The molecule has 2 aromatic carbocycles. The van der Waals surface area contributed by atoms with Crippen molar-refractivity contribution in [3.8, 4) is 0 Å². The van der Waals surface area contributed by atoms with Gasteiger partial charge < -0.3 is 20.4 Å². The molecule has 2 aromatic rings. The molecule has 6 nitrogen and oxygen atoms in total. The number of unbranched alkanes of at least 4 members (excludes halogenated alkanes) is 1. The molecular formula is C22H26O6. The minimum absolute atomic E-state index is 0.195. The predicted molar refractivity (Wildman–Crippen MR) is 110 cm³/mol. The third-order valence-corrected chi connectivity index (χ3v) is 3.00. The maximum absolute atomic E-state index is 10.1. The molecule has 0 unspecified atom stereocenters. The van der Waals surface area contributed by atoms with Gasteiger partial charge in [0.05, 0.1) is 0 Å². The molecule has 0 aliphatic carbocycles. The molecule has 0 amide bonds. The van der Waals surface area contributed by atoms with Crippen molar-refractivity contribution >= 4 is 24.1 Å². The van der Waals surface area contributed by atoms with Crippen LogP contribution in [0.1, 0.15) is 24.0 Å². The van der Waals surface area contributed by atoms with E-state index >= 15 is 0 Å². The van der Waals surface area contributed by atoms with Crippen LogP contribution in [0, 0.1) is 0 Å². The fraction of sp³-hybridized carbons (Fsp3) is 0.182. The third-order valence-electron chi connectivity index (χ3n) is 3.00. The van der Waals surface area contributed by atoms with E-state index in [1.807, 2.05) is 60.7 Å². The van der Waals surface area contributed by atoms with Gasteiger partial charge in [0.1, 0.15) is 0 Å². The SMILES string of the molecule is O=C(O)C=Cc1ccccc1.O=C(O)C=Cc1ccccc1.OCCCCO. The second kappa shape index (κ2) is 17.2. The van der Waals surface area contributed by atoms with Crippen molar-refractivity contribution in [2.75, 3.05) is 13.2 Å². The van der Waals surface area contributed by atoms with Crippen LogP contribution >= 0.6 is 0 Å². The van der Waals surface area contributed by atoms with Gasteiger partial charge in [-0.15, -0.1) is 0 Å². The molecule has 0 saturated carbocycles. The first-order chi connectivity index (χ1) is 13.5. The Labute approximate surface area is 164 Å². The zero-order valence-corrected chi connectivity index (χ0v) is 15.5. The smallest absolute Gasteiger partial charge is 0.328 e. The molecule has 0 saturated heterocycles. The summed E-state index contributed by atoms with van der Waals surface area (Å²) in [4.78, 5) is 20.2. The first kappa shape index (κ1) is 24.8. The van der Waals surface area contributed by atoms with Crippen molar-refractivity contribution in [3.63, 3.8) is 0 Å². The second-order valence-electron chi connectivity index (χ2n) is 5.32. The highest BCUT2D eigenvalue weighted by Crippen LogP contribution is 2.00. The Morgan fingerprint density at radius 1 is 0.643 bits per heavy atom. The van der Waals surface area contributed by atoms with Crippen molar-refractivity contribution in [2.24, 2.45) is 0 Å². The van der Waals surface area contributed by atoms with Crippen LogP contribution in [0.2, 0.25) is 0 Å². The van der Waals surface area contributed by atoms with Gasteiger partial charge >= 0.3 is 11.9 Å². The van der Waals surface area contributed by atoms with Gasteiger partial charge in [0.25, 0.3) is 0 Å². The maximum Gasteiger partial charge on any atom is 0.328 e. The Morgan fingerprint density at radius 3 is 1.21 bits per heavy atom. The minimum atomic E-state index is -0.922. The summed E-state index contributed by atoms with van der Waals surface area (Å²) in [5, 5.41) is 32.7. The monoisotopic (exact) mass is 386 g/mol. The fourth-order valence-corrected chi connectivity index (χ4v) is 1.69. The van der Waals surface area contributed by atoms with E-state index in [0.29, 0.717) is 0 Å². The Balaban J connectivity index is 0.000000411. The number of carbonyl (C=O) groups is 2. The number of hydrogen-bond acceptors (Lipinski definition) is 4. The molecule has 0 radical (unpaired) electrons. The largest absolute Gasteiger partial charge is 0.478 e. The van der Waals surface area contributed by atoms with E-state index in [1.165, 1.54) is 0 Å². The number of carboxylic acid groups (broad SMARTS) is 2. The zero-order chi connectivity index (χ0) is 21.0. The molecule has 0 atom stereocenters. The van der Waals surface area contributed by atoms with Crippen LogP contribution in [0.3, 0.4) is 0 Å². The van der Waals surface area contributed by atoms with E-state index in [2.05, 4.69) is 0 Å². The molecule has 0 heterocycles. The highest BCUT2D eigenvalue weighted by atomic mass is 16.4. The van der Waals surface area contributed by atoms with Crippen LogP contribution in [0.5, 0.6) is 0 Å². The summed E-state index contributed by atoms with van der Waals surface area (Å²) in [6.07, 6.45) is 6.79. The van der Waals surface area contributed by atoms with E-state index < -0.39 is 11.9 Å². The van der Waals surface area contributed by atoms with Crippen molar-refractivity contribution in [3.05, 3.63) is 83.9 Å². The van der Waals surface area contributed by atoms with Crippen molar-refractivity contribution < 1.29 is 30.0 Å². The van der Waals surface area contributed by atoms with Gasteiger partial charge in [0, 0.05) is 25.4 Å². The standard InChI is InChI=1S/2C9H8O2.C4H10O2/c2*10-9(11)7-6-8-4-2-1-3-5-8;5-3-1-2-4-6/h2*1-7H,(H,10,11);5-6H,1-4H2. The van der Waals surface area contributed by atoms with Gasteiger partial charge in [0.2, 0.25) is 0 Å². The average molecular weight is 386 g/mol. The summed E-state index contributed by atoms with van der Waals surface area (Å²) in [5.74, 6) is -1.84. The summed E-state index contributed by atoms with van der Waals surface area (Å²) in [7, 11) is 0. The number of aliphatic hydroxyl groups is 2. The fourth-order valence-electron chi connectivity index (χ4n) is 1.69. The Hall–Kier alpha value is -3.22. The normalized spacial score (nSPS) is 9.93. The summed E-state index contributed by atoms with van der Waals surface area (Å²) in [5.41, 5.74) is 1.80. The number of hydrogen-bond donors (Lipinski definition) is 4. The van der Waals surface area contributed by atoms with E-state index in [0.717, 1.165) is 36.1 Å². The van der Waals surface area contributed by atoms with E-state index in [1.54, 1.807) is 12.2 Å². The van der Waals surface area contributed by atoms with E-state index in [4.69, 9.17) is 20.4 Å². The molecule has 150 valence electrons. The molecule has 0 aliphatic rings. The predicted octanol–water partition coefficient (Wildman–Crippen LogP) is 3.32. The topological polar surface area (TPSA) is 115 Å². The minimum Gasteiger partial charge on any atom is -0.478 e. The average Bonchev–Trinajstić information content (AvgIpc) is 2.71. The van der Waals surface area contributed by atoms with E-state index in [-0.39, 0.29) is 13.2 Å². The van der Waals surface area contributed by atoms with Gasteiger partial charge in [0.15, 0.2) is 0 Å². The zero-order valence-electron chi connectivity index (χ0n) is 15.5. The third kappa shape index (κ3) is 16.3. The lowest BCUT2D eigenvalue weighted by Crippen LogP contribution is -1.85. The molecule has 2 rings (SSSR count). The van der Waals surface area contributed by atoms with Gasteiger partial charge in [-0.05, 0) is 36.1 Å². The molecule has 6 heteroatoms. The Kier molecular flexibility index (Phi) is 15.2. The number of rotatable bonds is 7. The molecule has 0 spiro atoms.